The third-order valence-corrected chi connectivity index (χ3v) is 7.56. The molecule has 6 aromatic rings. The number of aromatic nitrogens is 7. The van der Waals surface area contributed by atoms with Crippen LogP contribution in [-0.4, -0.2) is 69.6 Å². The van der Waals surface area contributed by atoms with Crippen LogP contribution < -0.4 is 4.90 Å². The van der Waals surface area contributed by atoms with Crippen LogP contribution >= 0.6 is 0 Å². The fraction of sp³-hybridized carbons (Fsp3) is 0.179. The molecule has 0 radical (unpaired) electrons. The van der Waals surface area contributed by atoms with Gasteiger partial charge < -0.3 is 9.88 Å². The average molecular weight is 557 g/mol. The van der Waals surface area contributed by atoms with E-state index in [1.807, 2.05) is 31.1 Å². The second kappa shape index (κ2) is 9.79. The second-order valence-corrected chi connectivity index (χ2v) is 12.1. The SMILES string of the molecule is CN(C)c1cncc(-c2cnc3n[nH]c(-c4nc5c(-c6cc(F)cc(CCS(C)(=O)=O)c6)nccc5[nH]4)c3c2)c1. The first-order valence-electron chi connectivity index (χ1n) is 12.4. The molecule has 0 amide bonds. The van der Waals surface area contributed by atoms with Gasteiger partial charge in [-0.3, -0.25) is 15.1 Å². The third kappa shape index (κ3) is 5.00. The summed E-state index contributed by atoms with van der Waals surface area (Å²) in [6, 6.07) is 10.3. The monoisotopic (exact) mass is 556 g/mol. The summed E-state index contributed by atoms with van der Waals surface area (Å²) >= 11 is 0. The highest BCUT2D eigenvalue weighted by Gasteiger charge is 2.18. The number of imidazole rings is 1. The molecule has 0 aliphatic carbocycles. The average Bonchev–Trinajstić information content (AvgIpc) is 3.55. The summed E-state index contributed by atoms with van der Waals surface area (Å²) in [4.78, 5) is 23.5. The lowest BCUT2D eigenvalue weighted by Gasteiger charge is -2.12. The van der Waals surface area contributed by atoms with Crippen molar-refractivity contribution in [2.24, 2.45) is 0 Å². The fourth-order valence-electron chi connectivity index (χ4n) is 4.57. The molecular formula is C28H25FN8O2S. The number of sulfone groups is 1. The van der Waals surface area contributed by atoms with Crippen LogP contribution in [0.3, 0.4) is 0 Å². The molecule has 0 saturated carbocycles. The minimum atomic E-state index is -3.19. The topological polar surface area (TPSA) is 133 Å². The van der Waals surface area contributed by atoms with E-state index < -0.39 is 15.7 Å². The van der Waals surface area contributed by atoms with E-state index in [0.29, 0.717) is 45.0 Å². The summed E-state index contributed by atoms with van der Waals surface area (Å²) in [6.45, 7) is 0. The number of nitrogens with zero attached hydrogens (tertiary/aromatic N) is 6. The molecule has 0 unspecified atom stereocenters. The molecular weight excluding hydrogens is 531 g/mol. The summed E-state index contributed by atoms with van der Waals surface area (Å²) in [5.74, 6) is -0.0143. The Morgan fingerprint density at radius 3 is 2.60 bits per heavy atom. The maximum absolute atomic E-state index is 14.6. The summed E-state index contributed by atoms with van der Waals surface area (Å²) in [6.07, 6.45) is 8.33. The maximum Gasteiger partial charge on any atom is 0.181 e. The number of hydrogen-bond acceptors (Lipinski definition) is 8. The predicted molar refractivity (Wildman–Crippen MR) is 153 cm³/mol. The van der Waals surface area contributed by atoms with Crippen molar-refractivity contribution in [3.05, 3.63) is 72.6 Å². The first-order chi connectivity index (χ1) is 19.1. The molecule has 2 N–H and O–H groups in total. The van der Waals surface area contributed by atoms with Crippen LogP contribution in [0.25, 0.3) is 56.0 Å². The van der Waals surface area contributed by atoms with Gasteiger partial charge in [0.1, 0.15) is 26.9 Å². The van der Waals surface area contributed by atoms with Crippen molar-refractivity contribution < 1.29 is 12.8 Å². The van der Waals surface area contributed by atoms with Crippen LogP contribution in [0, 0.1) is 5.82 Å². The largest absolute Gasteiger partial charge is 0.376 e. The minimum Gasteiger partial charge on any atom is -0.376 e. The summed E-state index contributed by atoms with van der Waals surface area (Å²) < 4.78 is 37.8. The highest BCUT2D eigenvalue weighted by molar-refractivity contribution is 7.90. The molecule has 40 heavy (non-hydrogen) atoms. The van der Waals surface area contributed by atoms with Crippen molar-refractivity contribution in [2.75, 3.05) is 31.0 Å². The van der Waals surface area contributed by atoms with E-state index >= 15 is 0 Å². The van der Waals surface area contributed by atoms with E-state index in [4.69, 9.17) is 4.98 Å². The predicted octanol–water partition coefficient (Wildman–Crippen LogP) is 4.42. The lowest BCUT2D eigenvalue weighted by atomic mass is 10.0. The van der Waals surface area contributed by atoms with Crippen LogP contribution in [0.2, 0.25) is 0 Å². The summed E-state index contributed by atoms with van der Waals surface area (Å²) in [7, 11) is 0.730. The van der Waals surface area contributed by atoms with E-state index in [2.05, 4.69) is 30.1 Å². The quantitative estimate of drug-likeness (QED) is 0.295. The number of fused-ring (bicyclic) bond motifs is 2. The Morgan fingerprint density at radius 2 is 1.80 bits per heavy atom. The lowest BCUT2D eigenvalue weighted by Crippen LogP contribution is -2.08. The van der Waals surface area contributed by atoms with Gasteiger partial charge >= 0.3 is 0 Å². The Kier molecular flexibility index (Phi) is 6.26. The molecule has 5 aromatic heterocycles. The molecule has 12 heteroatoms. The zero-order valence-corrected chi connectivity index (χ0v) is 22.8. The number of hydrogen-bond donors (Lipinski definition) is 2. The van der Waals surface area contributed by atoms with Crippen molar-refractivity contribution in [3.8, 4) is 33.9 Å². The van der Waals surface area contributed by atoms with E-state index in [-0.39, 0.29) is 12.2 Å². The van der Waals surface area contributed by atoms with Crippen molar-refractivity contribution in [3.63, 3.8) is 0 Å². The molecule has 0 aliphatic heterocycles. The van der Waals surface area contributed by atoms with Crippen LogP contribution in [-0.2, 0) is 16.3 Å². The highest BCUT2D eigenvalue weighted by Crippen LogP contribution is 2.32. The highest BCUT2D eigenvalue weighted by atomic mass is 32.2. The third-order valence-electron chi connectivity index (χ3n) is 6.61. The molecule has 10 nitrogen and oxygen atoms in total. The zero-order valence-electron chi connectivity index (χ0n) is 22.0. The van der Waals surface area contributed by atoms with Gasteiger partial charge in [0.15, 0.2) is 11.5 Å². The number of rotatable bonds is 7. The van der Waals surface area contributed by atoms with Crippen LogP contribution in [0.15, 0.2) is 61.2 Å². The zero-order chi connectivity index (χ0) is 28.0. The van der Waals surface area contributed by atoms with Crippen molar-refractivity contribution >= 4 is 37.6 Å². The van der Waals surface area contributed by atoms with Gasteiger partial charge in [-0.1, -0.05) is 0 Å². The number of halogens is 1. The molecule has 0 fully saturated rings. The van der Waals surface area contributed by atoms with Gasteiger partial charge in [0.05, 0.1) is 34.2 Å². The van der Waals surface area contributed by atoms with Gasteiger partial charge in [-0.25, -0.2) is 22.8 Å². The molecule has 0 atom stereocenters. The van der Waals surface area contributed by atoms with E-state index in [9.17, 15) is 12.8 Å². The van der Waals surface area contributed by atoms with E-state index in [1.165, 1.54) is 12.1 Å². The van der Waals surface area contributed by atoms with E-state index in [1.54, 1.807) is 36.9 Å². The molecule has 202 valence electrons. The van der Waals surface area contributed by atoms with Crippen LogP contribution in [0.1, 0.15) is 5.56 Å². The van der Waals surface area contributed by atoms with Gasteiger partial charge in [0.2, 0.25) is 0 Å². The molecule has 6 rings (SSSR count). The van der Waals surface area contributed by atoms with Crippen molar-refractivity contribution in [1.29, 1.82) is 0 Å². The van der Waals surface area contributed by atoms with Crippen molar-refractivity contribution in [1.82, 2.24) is 35.1 Å². The molecule has 0 saturated heterocycles. The second-order valence-electron chi connectivity index (χ2n) is 9.89. The van der Waals surface area contributed by atoms with Gasteiger partial charge in [-0.05, 0) is 48.4 Å². The number of aromatic amines is 2. The van der Waals surface area contributed by atoms with Crippen molar-refractivity contribution in [2.45, 2.75) is 6.42 Å². The standard InChI is InChI=1S/C28H25FN8O2S/c1-37(2)21-11-18(13-30-15-21)19-12-22-25(35-36-27(22)32-14-19)28-33-23-4-6-31-24(26(23)34-28)17-8-16(9-20(29)10-17)5-7-40(3,38)39/h4,6,8-15H,5,7H2,1-3H3,(H,33,34)(H,32,35,36). The lowest BCUT2D eigenvalue weighted by molar-refractivity contribution is 0.600. The van der Waals surface area contributed by atoms with Gasteiger partial charge in [0.25, 0.3) is 0 Å². The molecule has 5 heterocycles. The molecule has 0 bridgehead atoms. The first-order valence-corrected chi connectivity index (χ1v) is 14.5. The van der Waals surface area contributed by atoms with E-state index in [0.717, 1.165) is 28.5 Å². The number of H-pyrrole nitrogens is 2. The number of benzene rings is 1. The maximum atomic E-state index is 14.6. The fourth-order valence-corrected chi connectivity index (χ4v) is 5.17. The Balaban J connectivity index is 1.42. The Hall–Kier alpha value is -4.71. The normalized spacial score (nSPS) is 11.9. The van der Waals surface area contributed by atoms with Gasteiger partial charge in [0, 0.05) is 55.6 Å². The van der Waals surface area contributed by atoms with Gasteiger partial charge in [-0.15, -0.1) is 0 Å². The number of nitrogens with one attached hydrogen (secondary N) is 2. The Labute approximate surface area is 229 Å². The smallest absolute Gasteiger partial charge is 0.181 e. The minimum absolute atomic E-state index is 0.0709. The number of aryl methyl sites for hydroxylation is 1. The van der Waals surface area contributed by atoms with Crippen LogP contribution in [0.5, 0.6) is 0 Å². The summed E-state index contributed by atoms with van der Waals surface area (Å²) in [5, 5.41) is 8.17. The van der Waals surface area contributed by atoms with Gasteiger partial charge in [-0.2, -0.15) is 5.10 Å². The number of anilines is 1. The Bertz CT molecular complexity index is 2000. The molecule has 0 spiro atoms. The first kappa shape index (κ1) is 25.6. The summed E-state index contributed by atoms with van der Waals surface area (Å²) in [5.41, 5.74) is 6.77. The van der Waals surface area contributed by atoms with Crippen LogP contribution in [0.4, 0.5) is 10.1 Å². The number of pyridine rings is 3. The molecule has 0 aliphatic rings. The molecule has 1 aromatic carbocycles. The Morgan fingerprint density at radius 1 is 0.975 bits per heavy atom.